The van der Waals surface area contributed by atoms with E-state index in [2.05, 4.69) is 36.5 Å². The number of aromatic nitrogens is 2. The number of aryl methyl sites for hydroxylation is 1. The lowest BCUT2D eigenvalue weighted by molar-refractivity contribution is 0.102. The van der Waals surface area contributed by atoms with Gasteiger partial charge in [-0.25, -0.2) is 9.97 Å². The van der Waals surface area contributed by atoms with Crippen molar-refractivity contribution in [3.8, 4) is 0 Å². The highest BCUT2D eigenvalue weighted by atomic mass is 79.9. The van der Waals surface area contributed by atoms with Gasteiger partial charge in [-0.05, 0) is 41.1 Å². The molecule has 0 aromatic carbocycles. The van der Waals surface area contributed by atoms with Crippen LogP contribution in [0.4, 0.5) is 11.6 Å². The molecule has 5 nitrogen and oxygen atoms in total. The number of nitrogens with zero attached hydrogens (tertiary/aromatic N) is 2. The van der Waals surface area contributed by atoms with Gasteiger partial charge in [0.1, 0.15) is 11.6 Å². The van der Waals surface area contributed by atoms with Crippen LogP contribution < -0.4 is 10.6 Å². The number of carbonyl (C=O) groups excluding carboxylic acids is 1. The highest BCUT2D eigenvalue weighted by Gasteiger charge is 2.10. The number of amides is 1. The normalized spacial score (nSPS) is 10.2. The Morgan fingerprint density at radius 3 is 2.75 bits per heavy atom. The second kappa shape index (κ2) is 6.19. The minimum absolute atomic E-state index is 0.309. The lowest BCUT2D eigenvalue weighted by atomic mass is 10.2. The van der Waals surface area contributed by atoms with E-state index in [0.29, 0.717) is 22.2 Å². The maximum Gasteiger partial charge on any atom is 0.258 e. The number of rotatable bonds is 3. The number of hydrogen-bond acceptors (Lipinski definition) is 4. The minimum Gasteiger partial charge on any atom is -0.372 e. The number of halogens is 2. The molecule has 2 heterocycles. The molecule has 0 unspecified atom stereocenters. The zero-order valence-corrected chi connectivity index (χ0v) is 13.2. The molecule has 0 bridgehead atoms. The summed E-state index contributed by atoms with van der Waals surface area (Å²) < 4.78 is 0.888. The molecule has 2 aromatic rings. The van der Waals surface area contributed by atoms with E-state index in [1.54, 1.807) is 19.2 Å². The average Bonchev–Trinajstić information content (AvgIpc) is 2.42. The molecule has 104 valence electrons. The van der Waals surface area contributed by atoms with E-state index >= 15 is 0 Å². The third kappa shape index (κ3) is 3.26. The first-order valence-corrected chi connectivity index (χ1v) is 6.96. The Balaban J connectivity index is 2.19. The van der Waals surface area contributed by atoms with Crippen molar-refractivity contribution in [3.63, 3.8) is 0 Å². The molecule has 0 saturated carbocycles. The average molecular weight is 356 g/mol. The number of hydrogen-bond donors (Lipinski definition) is 2. The van der Waals surface area contributed by atoms with Crippen molar-refractivity contribution in [2.75, 3.05) is 17.7 Å². The molecule has 0 saturated heterocycles. The van der Waals surface area contributed by atoms with E-state index in [4.69, 9.17) is 11.6 Å². The fourth-order valence-corrected chi connectivity index (χ4v) is 2.03. The Morgan fingerprint density at radius 2 is 2.15 bits per heavy atom. The standard InChI is InChI=1S/C13H12BrClN4O/c1-7-9(14)3-4-11(18-7)19-13(20)8-5-10(15)12(16-2)17-6-8/h3-6H,1-2H3,(H,16,17)(H,18,19,20). The highest BCUT2D eigenvalue weighted by Crippen LogP contribution is 2.20. The Morgan fingerprint density at radius 1 is 1.40 bits per heavy atom. The van der Waals surface area contributed by atoms with Gasteiger partial charge in [0, 0.05) is 17.7 Å². The zero-order valence-electron chi connectivity index (χ0n) is 10.9. The maximum absolute atomic E-state index is 12.1. The number of carbonyl (C=O) groups is 1. The van der Waals surface area contributed by atoms with Crippen molar-refractivity contribution in [1.82, 2.24) is 9.97 Å². The van der Waals surface area contributed by atoms with E-state index < -0.39 is 0 Å². The van der Waals surface area contributed by atoms with E-state index in [1.807, 2.05) is 13.0 Å². The van der Waals surface area contributed by atoms with Crippen molar-refractivity contribution in [1.29, 1.82) is 0 Å². The molecular weight excluding hydrogens is 344 g/mol. The van der Waals surface area contributed by atoms with Gasteiger partial charge in [0.2, 0.25) is 0 Å². The van der Waals surface area contributed by atoms with E-state index in [0.717, 1.165) is 10.2 Å². The van der Waals surface area contributed by atoms with Crippen molar-refractivity contribution in [2.45, 2.75) is 6.92 Å². The Hall–Kier alpha value is -1.66. The van der Waals surface area contributed by atoms with Crippen LogP contribution in [0, 0.1) is 6.92 Å². The summed E-state index contributed by atoms with van der Waals surface area (Å²) >= 11 is 9.35. The minimum atomic E-state index is -0.309. The fourth-order valence-electron chi connectivity index (χ4n) is 1.55. The highest BCUT2D eigenvalue weighted by molar-refractivity contribution is 9.10. The summed E-state index contributed by atoms with van der Waals surface area (Å²) in [7, 11) is 1.71. The number of pyridine rings is 2. The Labute approximate surface area is 129 Å². The molecule has 2 rings (SSSR count). The summed E-state index contributed by atoms with van der Waals surface area (Å²) in [4.78, 5) is 20.4. The first-order chi connectivity index (χ1) is 9.51. The van der Waals surface area contributed by atoms with Crippen LogP contribution in [0.25, 0.3) is 0 Å². The predicted octanol–water partition coefficient (Wildman–Crippen LogP) is 3.49. The molecular formula is C13H12BrClN4O. The van der Waals surface area contributed by atoms with E-state index in [1.165, 1.54) is 6.20 Å². The van der Waals surface area contributed by atoms with Crippen molar-refractivity contribution >= 4 is 45.1 Å². The summed E-state index contributed by atoms with van der Waals surface area (Å²) in [6.45, 7) is 1.85. The van der Waals surface area contributed by atoms with Gasteiger partial charge in [0.15, 0.2) is 0 Å². The van der Waals surface area contributed by atoms with Crippen LogP contribution in [0.1, 0.15) is 16.1 Å². The van der Waals surface area contributed by atoms with Crippen LogP contribution >= 0.6 is 27.5 Å². The molecule has 20 heavy (non-hydrogen) atoms. The van der Waals surface area contributed by atoms with E-state index in [-0.39, 0.29) is 5.91 Å². The summed E-state index contributed by atoms with van der Waals surface area (Å²) in [6, 6.07) is 5.10. The van der Waals surface area contributed by atoms with Crippen LogP contribution in [-0.4, -0.2) is 22.9 Å². The molecule has 2 aromatic heterocycles. The SMILES string of the molecule is CNc1ncc(C(=O)Nc2ccc(Br)c(C)n2)cc1Cl. The topological polar surface area (TPSA) is 66.9 Å². The summed E-state index contributed by atoms with van der Waals surface area (Å²) in [5.41, 5.74) is 1.17. The predicted molar refractivity (Wildman–Crippen MR) is 83.4 cm³/mol. The quantitative estimate of drug-likeness (QED) is 0.884. The first kappa shape index (κ1) is 14.7. The van der Waals surface area contributed by atoms with Crippen LogP contribution in [-0.2, 0) is 0 Å². The summed E-state index contributed by atoms with van der Waals surface area (Å²) in [6.07, 6.45) is 1.46. The Kier molecular flexibility index (Phi) is 4.57. The Bertz CT molecular complexity index is 663. The lowest BCUT2D eigenvalue weighted by Gasteiger charge is -2.07. The second-order valence-corrected chi connectivity index (χ2v) is 5.28. The first-order valence-electron chi connectivity index (χ1n) is 5.79. The van der Waals surface area contributed by atoms with Crippen molar-refractivity contribution < 1.29 is 4.79 Å². The van der Waals surface area contributed by atoms with Crippen LogP contribution in [0.15, 0.2) is 28.9 Å². The molecule has 0 spiro atoms. The van der Waals surface area contributed by atoms with Gasteiger partial charge in [0.05, 0.1) is 16.3 Å². The van der Waals surface area contributed by atoms with Gasteiger partial charge >= 0.3 is 0 Å². The molecule has 0 radical (unpaired) electrons. The van der Waals surface area contributed by atoms with E-state index in [9.17, 15) is 4.79 Å². The summed E-state index contributed by atoms with van der Waals surface area (Å²) in [5, 5.41) is 5.92. The molecule has 0 fully saturated rings. The van der Waals surface area contributed by atoms with Gasteiger partial charge < -0.3 is 10.6 Å². The van der Waals surface area contributed by atoms with Gasteiger partial charge in [-0.3, -0.25) is 4.79 Å². The molecule has 0 aliphatic carbocycles. The third-order valence-electron chi connectivity index (χ3n) is 2.60. The van der Waals surface area contributed by atoms with Gasteiger partial charge in [-0.15, -0.1) is 0 Å². The molecule has 7 heteroatoms. The van der Waals surface area contributed by atoms with Gasteiger partial charge in [-0.2, -0.15) is 0 Å². The third-order valence-corrected chi connectivity index (χ3v) is 3.73. The van der Waals surface area contributed by atoms with Gasteiger partial charge in [0.25, 0.3) is 5.91 Å². The second-order valence-electron chi connectivity index (χ2n) is 4.02. The van der Waals surface area contributed by atoms with Crippen molar-refractivity contribution in [3.05, 3.63) is 45.1 Å². The summed E-state index contributed by atoms with van der Waals surface area (Å²) in [5.74, 6) is 0.696. The van der Waals surface area contributed by atoms with Crippen LogP contribution in [0.2, 0.25) is 5.02 Å². The number of nitrogens with one attached hydrogen (secondary N) is 2. The van der Waals surface area contributed by atoms with Crippen molar-refractivity contribution in [2.24, 2.45) is 0 Å². The van der Waals surface area contributed by atoms with Crippen LogP contribution in [0.3, 0.4) is 0 Å². The smallest absolute Gasteiger partial charge is 0.258 e. The number of anilines is 2. The molecule has 0 aliphatic heterocycles. The fraction of sp³-hybridized carbons (Fsp3) is 0.154. The molecule has 0 aliphatic rings. The zero-order chi connectivity index (χ0) is 14.7. The van der Waals surface area contributed by atoms with Crippen LogP contribution in [0.5, 0.6) is 0 Å². The monoisotopic (exact) mass is 354 g/mol. The molecule has 1 amide bonds. The molecule has 0 atom stereocenters. The molecule has 2 N–H and O–H groups in total. The largest absolute Gasteiger partial charge is 0.372 e. The van der Waals surface area contributed by atoms with Gasteiger partial charge in [-0.1, -0.05) is 11.6 Å². The lowest BCUT2D eigenvalue weighted by Crippen LogP contribution is -2.14. The maximum atomic E-state index is 12.1.